The number of nitrogens with zero attached hydrogens (tertiary/aromatic N) is 3. The average molecular weight is 366 g/mol. The molecule has 7 heteroatoms. The molecule has 2 aromatic carbocycles. The van der Waals surface area contributed by atoms with Crippen LogP contribution in [-0.4, -0.2) is 15.0 Å². The Hall–Kier alpha value is -3.48. The molecule has 4 rings (SSSR count). The van der Waals surface area contributed by atoms with Gasteiger partial charge in [0.1, 0.15) is 5.82 Å². The van der Waals surface area contributed by atoms with E-state index in [0.29, 0.717) is 17.2 Å². The van der Waals surface area contributed by atoms with Crippen LogP contribution in [0.25, 0.3) is 22.2 Å². The van der Waals surface area contributed by atoms with Gasteiger partial charge in [0.25, 0.3) is 0 Å². The van der Waals surface area contributed by atoms with Crippen molar-refractivity contribution < 1.29 is 13.2 Å². The van der Waals surface area contributed by atoms with Gasteiger partial charge in [-0.2, -0.15) is 13.2 Å². The maximum absolute atomic E-state index is 12.7. The van der Waals surface area contributed by atoms with E-state index in [9.17, 15) is 13.2 Å². The van der Waals surface area contributed by atoms with E-state index in [4.69, 9.17) is 0 Å². The number of benzene rings is 2. The quantitative estimate of drug-likeness (QED) is 0.523. The molecule has 0 amide bonds. The molecule has 1 N–H and O–H groups in total. The Labute approximate surface area is 152 Å². The highest BCUT2D eigenvalue weighted by Gasteiger charge is 2.29. The lowest BCUT2D eigenvalue weighted by Crippen LogP contribution is -2.04. The number of pyridine rings is 1. The van der Waals surface area contributed by atoms with Crippen molar-refractivity contribution in [1.82, 2.24) is 15.0 Å². The second-order valence-electron chi connectivity index (χ2n) is 5.87. The third kappa shape index (κ3) is 3.57. The van der Waals surface area contributed by atoms with Gasteiger partial charge in [-0.1, -0.05) is 18.2 Å². The Bertz CT molecular complexity index is 1090. The van der Waals surface area contributed by atoms with Crippen molar-refractivity contribution in [2.45, 2.75) is 6.18 Å². The molecule has 4 nitrogen and oxygen atoms in total. The van der Waals surface area contributed by atoms with E-state index in [1.165, 1.54) is 18.3 Å². The fraction of sp³-hybridized carbons (Fsp3) is 0.0500. The lowest BCUT2D eigenvalue weighted by atomic mass is 10.1. The van der Waals surface area contributed by atoms with E-state index in [1.54, 1.807) is 12.4 Å². The number of fused-ring (bicyclic) bond motifs is 1. The number of aromatic nitrogens is 3. The molecule has 0 saturated heterocycles. The first-order valence-electron chi connectivity index (χ1n) is 8.11. The van der Waals surface area contributed by atoms with Gasteiger partial charge in [-0.3, -0.25) is 9.97 Å². The van der Waals surface area contributed by atoms with Gasteiger partial charge in [-0.15, -0.1) is 0 Å². The highest BCUT2D eigenvalue weighted by atomic mass is 19.4. The minimum absolute atomic E-state index is 0.438. The van der Waals surface area contributed by atoms with Crippen LogP contribution in [-0.2, 0) is 6.18 Å². The number of para-hydroxylation sites is 1. The highest BCUT2D eigenvalue weighted by Crippen LogP contribution is 2.31. The highest BCUT2D eigenvalue weighted by molar-refractivity contribution is 5.93. The number of anilines is 2. The van der Waals surface area contributed by atoms with E-state index < -0.39 is 11.7 Å². The average Bonchev–Trinajstić information content (AvgIpc) is 2.67. The van der Waals surface area contributed by atoms with Crippen LogP contribution in [0.3, 0.4) is 0 Å². The zero-order chi connectivity index (χ0) is 18.9. The van der Waals surface area contributed by atoms with Gasteiger partial charge in [-0.05, 0) is 36.4 Å². The van der Waals surface area contributed by atoms with Gasteiger partial charge in [0.15, 0.2) is 0 Å². The lowest BCUT2D eigenvalue weighted by Gasteiger charge is -2.10. The van der Waals surface area contributed by atoms with Crippen LogP contribution in [0.15, 0.2) is 73.2 Å². The smallest absolute Gasteiger partial charge is 0.339 e. The van der Waals surface area contributed by atoms with Gasteiger partial charge < -0.3 is 5.32 Å². The summed E-state index contributed by atoms with van der Waals surface area (Å²) in [5.74, 6) is 0.438. The molecule has 0 atom stereocenters. The van der Waals surface area contributed by atoms with Crippen LogP contribution in [0.1, 0.15) is 5.56 Å². The first kappa shape index (κ1) is 17.0. The van der Waals surface area contributed by atoms with Crippen molar-refractivity contribution in [3.8, 4) is 11.3 Å². The van der Waals surface area contributed by atoms with E-state index in [0.717, 1.165) is 28.6 Å². The summed E-state index contributed by atoms with van der Waals surface area (Å²) >= 11 is 0. The summed E-state index contributed by atoms with van der Waals surface area (Å²) in [7, 11) is 0. The molecule has 0 spiro atoms. The van der Waals surface area contributed by atoms with Crippen LogP contribution in [0.5, 0.6) is 0 Å². The Balaban J connectivity index is 1.65. The zero-order valence-corrected chi connectivity index (χ0v) is 13.9. The number of rotatable bonds is 3. The van der Waals surface area contributed by atoms with Gasteiger partial charge in [0.05, 0.1) is 29.2 Å². The molecular formula is C20H13F3N4. The first-order valence-corrected chi connectivity index (χ1v) is 8.11. The first-order chi connectivity index (χ1) is 13.0. The predicted molar refractivity (Wildman–Crippen MR) is 97.5 cm³/mol. The second-order valence-corrected chi connectivity index (χ2v) is 5.87. The lowest BCUT2D eigenvalue weighted by molar-refractivity contribution is -0.137. The maximum atomic E-state index is 12.7. The Morgan fingerprint density at radius 2 is 1.63 bits per heavy atom. The molecule has 0 aliphatic carbocycles. The summed E-state index contributed by atoms with van der Waals surface area (Å²) in [5, 5.41) is 3.93. The molecule has 0 bridgehead atoms. The molecule has 2 heterocycles. The summed E-state index contributed by atoms with van der Waals surface area (Å²) in [4.78, 5) is 13.1. The van der Waals surface area contributed by atoms with Crippen LogP contribution in [0, 0.1) is 0 Å². The van der Waals surface area contributed by atoms with Crippen molar-refractivity contribution in [2.75, 3.05) is 5.32 Å². The third-order valence-electron chi connectivity index (χ3n) is 4.04. The van der Waals surface area contributed by atoms with E-state index in [-0.39, 0.29) is 0 Å². The Kier molecular flexibility index (Phi) is 4.19. The van der Waals surface area contributed by atoms with Crippen LogP contribution >= 0.6 is 0 Å². The van der Waals surface area contributed by atoms with Crippen molar-refractivity contribution in [1.29, 1.82) is 0 Å². The number of hydrogen-bond acceptors (Lipinski definition) is 4. The molecule has 0 saturated carbocycles. The van der Waals surface area contributed by atoms with Gasteiger partial charge in [-0.25, -0.2) is 4.98 Å². The Morgan fingerprint density at radius 3 is 2.41 bits per heavy atom. The summed E-state index contributed by atoms with van der Waals surface area (Å²) < 4.78 is 38.0. The largest absolute Gasteiger partial charge is 0.416 e. The summed E-state index contributed by atoms with van der Waals surface area (Å²) in [6, 6.07) is 14.3. The maximum Gasteiger partial charge on any atom is 0.416 e. The minimum atomic E-state index is -4.36. The Morgan fingerprint density at radius 1 is 0.852 bits per heavy atom. The standard InChI is InChI=1S/C20H13F3N4/c21-20(22,23)13-5-7-14(8-6-13)26-19-12-24-11-18(27-19)16-9-10-25-17-4-2-1-3-15(16)17/h1-12H,(H,26,27). The zero-order valence-electron chi connectivity index (χ0n) is 13.9. The van der Waals surface area contributed by atoms with E-state index >= 15 is 0 Å². The van der Waals surface area contributed by atoms with Crippen molar-refractivity contribution >= 4 is 22.4 Å². The second kappa shape index (κ2) is 6.68. The third-order valence-corrected chi connectivity index (χ3v) is 4.04. The fourth-order valence-corrected chi connectivity index (χ4v) is 2.77. The number of halogens is 3. The van der Waals surface area contributed by atoms with Crippen LogP contribution < -0.4 is 5.32 Å². The molecule has 27 heavy (non-hydrogen) atoms. The van der Waals surface area contributed by atoms with E-state index in [2.05, 4.69) is 20.3 Å². The van der Waals surface area contributed by atoms with Crippen LogP contribution in [0.4, 0.5) is 24.7 Å². The topological polar surface area (TPSA) is 50.7 Å². The van der Waals surface area contributed by atoms with Crippen molar-refractivity contribution in [3.63, 3.8) is 0 Å². The monoisotopic (exact) mass is 366 g/mol. The number of alkyl halides is 3. The molecule has 4 aromatic rings. The normalized spacial score (nSPS) is 11.5. The SMILES string of the molecule is FC(F)(F)c1ccc(Nc2cncc(-c3ccnc4ccccc34)n2)cc1. The van der Waals surface area contributed by atoms with Crippen molar-refractivity contribution in [3.05, 3.63) is 78.8 Å². The van der Waals surface area contributed by atoms with Gasteiger partial charge in [0, 0.05) is 22.8 Å². The summed E-state index contributed by atoms with van der Waals surface area (Å²) in [6.45, 7) is 0. The molecule has 0 fully saturated rings. The van der Waals surface area contributed by atoms with Gasteiger partial charge in [0.2, 0.25) is 0 Å². The molecule has 2 aromatic heterocycles. The van der Waals surface area contributed by atoms with Crippen LogP contribution in [0.2, 0.25) is 0 Å². The predicted octanol–water partition coefficient (Wildman–Crippen LogP) is 5.45. The summed E-state index contributed by atoms with van der Waals surface area (Å²) in [6.07, 6.45) is 0.500. The fourth-order valence-electron chi connectivity index (χ4n) is 2.77. The minimum Gasteiger partial charge on any atom is -0.339 e. The number of hydrogen-bond donors (Lipinski definition) is 1. The van der Waals surface area contributed by atoms with Crippen molar-refractivity contribution in [2.24, 2.45) is 0 Å². The molecule has 0 aliphatic rings. The number of nitrogens with one attached hydrogen (secondary N) is 1. The molecule has 0 aliphatic heterocycles. The molecule has 134 valence electrons. The molecule has 0 unspecified atom stereocenters. The summed E-state index contributed by atoms with van der Waals surface area (Å²) in [5.41, 5.74) is 2.16. The van der Waals surface area contributed by atoms with Gasteiger partial charge >= 0.3 is 6.18 Å². The van der Waals surface area contributed by atoms with E-state index in [1.807, 2.05) is 30.3 Å². The molecular weight excluding hydrogens is 353 g/mol. The molecule has 0 radical (unpaired) electrons.